The Morgan fingerprint density at radius 3 is 2.83 bits per heavy atom. The van der Waals surface area contributed by atoms with Crippen molar-refractivity contribution in [2.24, 2.45) is 0 Å². The molecule has 92 valence electrons. The van der Waals surface area contributed by atoms with Gasteiger partial charge in [0, 0.05) is 17.8 Å². The summed E-state index contributed by atoms with van der Waals surface area (Å²) in [4.78, 5) is 15.6. The second kappa shape index (κ2) is 6.02. The molecule has 0 spiro atoms. The molecule has 0 bridgehead atoms. The van der Waals surface area contributed by atoms with E-state index in [1.54, 1.807) is 30.5 Å². The molecular weight excluding hydrogens is 250 g/mol. The summed E-state index contributed by atoms with van der Waals surface area (Å²) in [5.41, 5.74) is 0.943. The summed E-state index contributed by atoms with van der Waals surface area (Å²) >= 11 is 5.85. The lowest BCUT2D eigenvalue weighted by Gasteiger charge is -2.07. The van der Waals surface area contributed by atoms with Crippen molar-refractivity contribution in [3.63, 3.8) is 0 Å². The lowest BCUT2D eigenvalue weighted by Crippen LogP contribution is -2.28. The van der Waals surface area contributed by atoms with Crippen LogP contribution in [-0.2, 0) is 6.54 Å². The second-order valence-corrected chi connectivity index (χ2v) is 4.09. The zero-order valence-electron chi connectivity index (χ0n) is 9.56. The lowest BCUT2D eigenvalue weighted by atomic mass is 10.2. The van der Waals surface area contributed by atoms with Gasteiger partial charge in [-0.2, -0.15) is 0 Å². The van der Waals surface area contributed by atoms with Gasteiger partial charge >= 0.3 is 6.03 Å². The average molecular weight is 262 g/mol. The first kappa shape index (κ1) is 12.4. The quantitative estimate of drug-likeness (QED) is 0.892. The molecule has 1 aromatic carbocycles. The van der Waals surface area contributed by atoms with Crippen molar-refractivity contribution in [1.82, 2.24) is 10.3 Å². The van der Waals surface area contributed by atoms with Gasteiger partial charge in [-0.1, -0.05) is 29.8 Å². The van der Waals surface area contributed by atoms with E-state index in [1.807, 2.05) is 18.2 Å². The first-order chi connectivity index (χ1) is 8.74. The minimum absolute atomic E-state index is 0.298. The first-order valence-electron chi connectivity index (χ1n) is 5.44. The van der Waals surface area contributed by atoms with E-state index in [-0.39, 0.29) is 6.03 Å². The second-order valence-electron chi connectivity index (χ2n) is 3.65. The molecule has 0 radical (unpaired) electrons. The van der Waals surface area contributed by atoms with Gasteiger partial charge in [0.1, 0.15) is 5.82 Å². The third-order valence-corrected chi connectivity index (χ3v) is 2.48. The number of nitrogens with zero attached hydrogens (tertiary/aromatic N) is 1. The maximum Gasteiger partial charge on any atom is 0.320 e. The summed E-state index contributed by atoms with van der Waals surface area (Å²) in [7, 11) is 0. The van der Waals surface area contributed by atoms with Crippen LogP contribution in [0.4, 0.5) is 10.6 Å². The predicted octanol–water partition coefficient (Wildman–Crippen LogP) is 3.06. The molecule has 0 saturated heterocycles. The van der Waals surface area contributed by atoms with Gasteiger partial charge in [-0.3, -0.25) is 5.32 Å². The molecule has 0 fully saturated rings. The fraction of sp³-hybridized carbons (Fsp3) is 0.0769. The number of nitrogens with one attached hydrogen (secondary N) is 2. The largest absolute Gasteiger partial charge is 0.334 e. The number of rotatable bonds is 3. The van der Waals surface area contributed by atoms with Crippen molar-refractivity contribution in [3.05, 3.63) is 59.2 Å². The Labute approximate surface area is 110 Å². The first-order valence-corrected chi connectivity index (χ1v) is 5.82. The Hall–Kier alpha value is -2.07. The number of amides is 2. The number of benzene rings is 1. The molecule has 18 heavy (non-hydrogen) atoms. The van der Waals surface area contributed by atoms with E-state index >= 15 is 0 Å². The number of hydrogen-bond donors (Lipinski definition) is 2. The van der Waals surface area contributed by atoms with Crippen LogP contribution in [0.3, 0.4) is 0 Å². The number of hydrogen-bond acceptors (Lipinski definition) is 2. The van der Waals surface area contributed by atoms with Crippen molar-refractivity contribution in [2.75, 3.05) is 5.32 Å². The third kappa shape index (κ3) is 3.75. The van der Waals surface area contributed by atoms with Crippen LogP contribution in [0.25, 0.3) is 0 Å². The molecule has 0 aliphatic heterocycles. The van der Waals surface area contributed by atoms with Gasteiger partial charge in [-0.15, -0.1) is 0 Å². The van der Waals surface area contributed by atoms with Crippen molar-refractivity contribution in [2.45, 2.75) is 6.54 Å². The molecule has 1 heterocycles. The molecule has 1 aromatic heterocycles. The Morgan fingerprint density at radius 1 is 1.22 bits per heavy atom. The topological polar surface area (TPSA) is 54.0 Å². The molecular formula is C13H12ClN3O. The van der Waals surface area contributed by atoms with Gasteiger partial charge in [0.2, 0.25) is 0 Å². The summed E-state index contributed by atoms with van der Waals surface area (Å²) in [6.07, 6.45) is 1.62. The van der Waals surface area contributed by atoms with Crippen LogP contribution < -0.4 is 10.6 Å². The van der Waals surface area contributed by atoms with Crippen LogP contribution >= 0.6 is 11.6 Å². The minimum Gasteiger partial charge on any atom is -0.334 e. The van der Waals surface area contributed by atoms with Crippen molar-refractivity contribution >= 4 is 23.4 Å². The number of anilines is 1. The fourth-order valence-corrected chi connectivity index (χ4v) is 1.64. The number of carbonyl (C=O) groups is 1. The van der Waals surface area contributed by atoms with Crippen molar-refractivity contribution < 1.29 is 4.79 Å². The highest BCUT2D eigenvalue weighted by Gasteiger charge is 2.02. The average Bonchev–Trinajstić information content (AvgIpc) is 2.38. The van der Waals surface area contributed by atoms with Crippen molar-refractivity contribution in [1.29, 1.82) is 0 Å². The summed E-state index contributed by atoms with van der Waals surface area (Å²) in [6, 6.07) is 12.4. The van der Waals surface area contributed by atoms with Crippen LogP contribution in [-0.4, -0.2) is 11.0 Å². The van der Waals surface area contributed by atoms with Gasteiger partial charge in [0.05, 0.1) is 0 Å². The van der Waals surface area contributed by atoms with Crippen LogP contribution in [0.5, 0.6) is 0 Å². The van der Waals surface area contributed by atoms with Gasteiger partial charge in [0.15, 0.2) is 0 Å². The SMILES string of the molecule is O=C(NCc1cccc(Cl)c1)Nc1ccccn1. The predicted molar refractivity (Wildman–Crippen MR) is 71.5 cm³/mol. The highest BCUT2D eigenvalue weighted by Crippen LogP contribution is 2.10. The highest BCUT2D eigenvalue weighted by molar-refractivity contribution is 6.30. The standard InChI is InChI=1S/C13H12ClN3O/c14-11-5-3-4-10(8-11)9-16-13(18)17-12-6-1-2-7-15-12/h1-8H,9H2,(H2,15,16,17,18). The Balaban J connectivity index is 1.85. The molecule has 2 N–H and O–H groups in total. The zero-order chi connectivity index (χ0) is 12.8. The van der Waals surface area contributed by atoms with Gasteiger partial charge < -0.3 is 5.32 Å². The van der Waals surface area contributed by atoms with Gasteiger partial charge in [-0.05, 0) is 29.8 Å². The molecule has 4 nitrogen and oxygen atoms in total. The zero-order valence-corrected chi connectivity index (χ0v) is 10.3. The van der Waals surface area contributed by atoms with Crippen LogP contribution in [0.1, 0.15) is 5.56 Å². The summed E-state index contributed by atoms with van der Waals surface area (Å²) in [5.74, 6) is 0.515. The van der Waals surface area contributed by atoms with Crippen molar-refractivity contribution in [3.8, 4) is 0 Å². The van der Waals surface area contributed by atoms with Crippen LogP contribution in [0, 0.1) is 0 Å². The van der Waals surface area contributed by atoms with E-state index < -0.39 is 0 Å². The fourth-order valence-electron chi connectivity index (χ4n) is 1.43. The van der Waals surface area contributed by atoms with E-state index in [0.717, 1.165) is 5.56 Å². The molecule has 0 atom stereocenters. The molecule has 0 unspecified atom stereocenters. The Morgan fingerprint density at radius 2 is 2.11 bits per heavy atom. The summed E-state index contributed by atoms with van der Waals surface area (Å²) in [5, 5.41) is 6.01. The molecule has 5 heteroatoms. The highest BCUT2D eigenvalue weighted by atomic mass is 35.5. The maximum atomic E-state index is 11.6. The monoisotopic (exact) mass is 261 g/mol. The molecule has 0 saturated carbocycles. The molecule has 2 rings (SSSR count). The summed E-state index contributed by atoms with van der Waals surface area (Å²) < 4.78 is 0. The lowest BCUT2D eigenvalue weighted by molar-refractivity contribution is 0.251. The van der Waals surface area contributed by atoms with E-state index in [4.69, 9.17) is 11.6 Å². The Kier molecular flexibility index (Phi) is 4.15. The third-order valence-electron chi connectivity index (χ3n) is 2.25. The summed E-state index contributed by atoms with van der Waals surface area (Å²) in [6.45, 7) is 0.416. The Bertz CT molecular complexity index is 531. The molecule has 0 aliphatic rings. The van der Waals surface area contributed by atoms with Crippen LogP contribution in [0.15, 0.2) is 48.7 Å². The van der Waals surface area contributed by atoms with Crippen LogP contribution in [0.2, 0.25) is 5.02 Å². The minimum atomic E-state index is -0.298. The molecule has 2 amide bonds. The van der Waals surface area contributed by atoms with Gasteiger partial charge in [0.25, 0.3) is 0 Å². The number of aromatic nitrogens is 1. The van der Waals surface area contributed by atoms with E-state index in [1.165, 1.54) is 0 Å². The number of halogens is 1. The van der Waals surface area contributed by atoms with E-state index in [2.05, 4.69) is 15.6 Å². The van der Waals surface area contributed by atoms with E-state index in [9.17, 15) is 4.79 Å². The smallest absolute Gasteiger partial charge is 0.320 e. The van der Waals surface area contributed by atoms with Gasteiger partial charge in [-0.25, -0.2) is 9.78 Å². The molecule has 2 aromatic rings. The molecule has 0 aliphatic carbocycles. The number of carbonyl (C=O) groups excluding carboxylic acids is 1. The number of pyridine rings is 1. The maximum absolute atomic E-state index is 11.6. The number of urea groups is 1. The normalized spacial score (nSPS) is 9.83. The van der Waals surface area contributed by atoms with E-state index in [0.29, 0.717) is 17.4 Å².